The van der Waals surface area contributed by atoms with E-state index in [1.807, 2.05) is 6.92 Å². The van der Waals surface area contributed by atoms with Crippen molar-refractivity contribution in [3.63, 3.8) is 0 Å². The fraction of sp³-hybridized carbons (Fsp3) is 0.833. The molecule has 1 aliphatic rings. The third-order valence-electron chi connectivity index (χ3n) is 3.32. The van der Waals surface area contributed by atoms with Crippen LogP contribution in [0, 0.1) is 11.8 Å². The predicted molar refractivity (Wildman–Crippen MR) is 68.3 cm³/mol. The Morgan fingerprint density at radius 2 is 1.90 bits per heavy atom. The standard InChI is InChI=1S/C12H19N3O5/c1-6-10(5-18-8(3)16)20-12(19-9(4)17)7(2)11(6)14-15-13/h6-7,10-12H,5H2,1-4H3/t6-,7?,10?,11-,12+/m0/s1. The second-order valence-corrected chi connectivity index (χ2v) is 4.87. The molecule has 0 aromatic carbocycles. The minimum Gasteiger partial charge on any atom is -0.463 e. The van der Waals surface area contributed by atoms with Gasteiger partial charge in [0, 0.05) is 24.7 Å². The first-order valence-electron chi connectivity index (χ1n) is 6.37. The van der Waals surface area contributed by atoms with Gasteiger partial charge < -0.3 is 14.2 Å². The van der Waals surface area contributed by atoms with Crippen molar-refractivity contribution in [3.05, 3.63) is 10.4 Å². The van der Waals surface area contributed by atoms with Crippen LogP contribution >= 0.6 is 0 Å². The van der Waals surface area contributed by atoms with Crippen molar-refractivity contribution in [1.29, 1.82) is 0 Å². The van der Waals surface area contributed by atoms with Crippen LogP contribution < -0.4 is 0 Å². The highest BCUT2D eigenvalue weighted by Crippen LogP contribution is 2.33. The van der Waals surface area contributed by atoms with E-state index in [1.165, 1.54) is 13.8 Å². The number of hydrogen-bond acceptors (Lipinski definition) is 6. The van der Waals surface area contributed by atoms with Crippen molar-refractivity contribution in [2.45, 2.75) is 46.1 Å². The molecular formula is C12H19N3O5. The number of ether oxygens (including phenoxy) is 3. The Bertz CT molecular complexity index is 421. The molecule has 0 bridgehead atoms. The van der Waals surface area contributed by atoms with E-state index < -0.39 is 30.4 Å². The Balaban J connectivity index is 2.87. The summed E-state index contributed by atoms with van der Waals surface area (Å²) in [4.78, 5) is 24.8. The largest absolute Gasteiger partial charge is 0.463 e. The van der Waals surface area contributed by atoms with Crippen molar-refractivity contribution in [1.82, 2.24) is 0 Å². The minimum absolute atomic E-state index is 0.0262. The fourth-order valence-electron chi connectivity index (χ4n) is 2.24. The highest BCUT2D eigenvalue weighted by atomic mass is 16.7. The zero-order valence-corrected chi connectivity index (χ0v) is 12.0. The van der Waals surface area contributed by atoms with Crippen LogP contribution in [-0.2, 0) is 23.8 Å². The lowest BCUT2D eigenvalue weighted by atomic mass is 9.84. The number of azide groups is 1. The third kappa shape index (κ3) is 4.11. The maximum atomic E-state index is 11.1. The van der Waals surface area contributed by atoms with E-state index in [9.17, 15) is 9.59 Å². The first kappa shape index (κ1) is 16.3. The van der Waals surface area contributed by atoms with E-state index in [0.29, 0.717) is 0 Å². The van der Waals surface area contributed by atoms with Crippen LogP contribution in [0.5, 0.6) is 0 Å². The number of nitrogens with zero attached hydrogens (tertiary/aromatic N) is 3. The molecule has 1 fully saturated rings. The summed E-state index contributed by atoms with van der Waals surface area (Å²) in [5, 5.41) is 3.75. The molecule has 0 aromatic heterocycles. The first-order valence-corrected chi connectivity index (χ1v) is 6.37. The Hall–Kier alpha value is -1.79. The molecule has 2 unspecified atom stereocenters. The van der Waals surface area contributed by atoms with E-state index in [-0.39, 0.29) is 18.4 Å². The molecule has 0 aromatic rings. The smallest absolute Gasteiger partial charge is 0.304 e. The van der Waals surface area contributed by atoms with Gasteiger partial charge in [0.1, 0.15) is 6.61 Å². The summed E-state index contributed by atoms with van der Waals surface area (Å²) in [6, 6.07) is -0.404. The van der Waals surface area contributed by atoms with E-state index >= 15 is 0 Å². The molecule has 8 nitrogen and oxygen atoms in total. The molecule has 112 valence electrons. The second-order valence-electron chi connectivity index (χ2n) is 4.87. The molecule has 0 N–H and O–H groups in total. The van der Waals surface area contributed by atoms with Gasteiger partial charge in [0.05, 0.1) is 12.1 Å². The summed E-state index contributed by atoms with van der Waals surface area (Å²) in [5.74, 6) is -1.35. The van der Waals surface area contributed by atoms with Crippen LogP contribution in [0.1, 0.15) is 27.7 Å². The van der Waals surface area contributed by atoms with Crippen molar-refractivity contribution < 1.29 is 23.8 Å². The van der Waals surface area contributed by atoms with Crippen molar-refractivity contribution in [2.75, 3.05) is 6.61 Å². The normalized spacial score (nSPS) is 32.9. The predicted octanol–water partition coefficient (Wildman–Crippen LogP) is 1.79. The third-order valence-corrected chi connectivity index (χ3v) is 3.32. The molecule has 1 heterocycles. The van der Waals surface area contributed by atoms with Crippen molar-refractivity contribution >= 4 is 11.9 Å². The van der Waals surface area contributed by atoms with Gasteiger partial charge in [0.25, 0.3) is 0 Å². The number of hydrogen-bond donors (Lipinski definition) is 0. The maximum Gasteiger partial charge on any atom is 0.304 e. The average molecular weight is 285 g/mol. The van der Waals surface area contributed by atoms with Gasteiger partial charge in [-0.15, -0.1) is 0 Å². The lowest BCUT2D eigenvalue weighted by Gasteiger charge is -2.41. The lowest BCUT2D eigenvalue weighted by Crippen LogP contribution is -2.51. The molecule has 8 heteroatoms. The summed E-state index contributed by atoms with van der Waals surface area (Å²) in [7, 11) is 0. The summed E-state index contributed by atoms with van der Waals surface area (Å²) in [6.07, 6.45) is -1.31. The van der Waals surface area contributed by atoms with E-state index in [4.69, 9.17) is 19.7 Å². The minimum atomic E-state index is -0.820. The van der Waals surface area contributed by atoms with Gasteiger partial charge in [-0.05, 0) is 11.4 Å². The topological polar surface area (TPSA) is 111 Å². The van der Waals surface area contributed by atoms with Crippen LogP contribution in [0.2, 0.25) is 0 Å². The lowest BCUT2D eigenvalue weighted by molar-refractivity contribution is -0.239. The molecule has 0 amide bonds. The molecule has 5 atom stereocenters. The zero-order chi connectivity index (χ0) is 15.3. The Morgan fingerprint density at radius 3 is 2.40 bits per heavy atom. The molecular weight excluding hydrogens is 266 g/mol. The van der Waals surface area contributed by atoms with Crippen LogP contribution in [0.15, 0.2) is 5.11 Å². The molecule has 1 aliphatic heterocycles. The summed E-state index contributed by atoms with van der Waals surface area (Å²) >= 11 is 0. The zero-order valence-electron chi connectivity index (χ0n) is 12.0. The Labute approximate surface area is 117 Å². The van der Waals surface area contributed by atoms with Gasteiger partial charge in [-0.1, -0.05) is 19.0 Å². The molecule has 1 saturated heterocycles. The quantitative estimate of drug-likeness (QED) is 0.338. The highest BCUT2D eigenvalue weighted by Gasteiger charge is 2.43. The summed E-state index contributed by atoms with van der Waals surface area (Å²) < 4.78 is 15.7. The fourth-order valence-corrected chi connectivity index (χ4v) is 2.24. The molecule has 0 saturated carbocycles. The van der Waals surface area contributed by atoms with Gasteiger partial charge in [-0.3, -0.25) is 9.59 Å². The molecule has 1 rings (SSSR count). The van der Waals surface area contributed by atoms with Gasteiger partial charge in [-0.25, -0.2) is 0 Å². The first-order chi connectivity index (χ1) is 9.36. The Kier molecular flexibility index (Phi) is 5.79. The van der Waals surface area contributed by atoms with Crippen LogP contribution in [0.4, 0.5) is 0 Å². The number of carbonyl (C=O) groups excluding carboxylic acids is 2. The molecule has 0 spiro atoms. The number of carbonyl (C=O) groups is 2. The SMILES string of the molecule is CC(=O)OCC1O[C@@H](OC(C)=O)C(C)[C@@H](N=[N+]=[N-])[C@H]1C. The molecule has 0 aliphatic carbocycles. The van der Waals surface area contributed by atoms with Crippen LogP contribution in [-0.4, -0.2) is 37.0 Å². The van der Waals surface area contributed by atoms with Crippen LogP contribution in [0.25, 0.3) is 10.4 Å². The maximum absolute atomic E-state index is 11.1. The van der Waals surface area contributed by atoms with Gasteiger partial charge in [-0.2, -0.15) is 0 Å². The van der Waals surface area contributed by atoms with E-state index in [2.05, 4.69) is 10.0 Å². The van der Waals surface area contributed by atoms with Crippen molar-refractivity contribution in [3.8, 4) is 0 Å². The summed E-state index contributed by atoms with van der Waals surface area (Å²) in [6.45, 7) is 6.22. The summed E-state index contributed by atoms with van der Waals surface area (Å²) in [5.41, 5.74) is 8.65. The van der Waals surface area contributed by atoms with Crippen molar-refractivity contribution in [2.24, 2.45) is 17.0 Å². The van der Waals surface area contributed by atoms with E-state index in [0.717, 1.165) is 0 Å². The molecule has 0 radical (unpaired) electrons. The van der Waals surface area contributed by atoms with Gasteiger partial charge in [0.2, 0.25) is 6.29 Å². The Morgan fingerprint density at radius 1 is 1.25 bits per heavy atom. The monoisotopic (exact) mass is 285 g/mol. The van der Waals surface area contributed by atoms with Gasteiger partial charge in [0.15, 0.2) is 0 Å². The second kappa shape index (κ2) is 7.12. The number of rotatable bonds is 4. The average Bonchev–Trinajstić information content (AvgIpc) is 2.35. The van der Waals surface area contributed by atoms with E-state index in [1.54, 1.807) is 6.92 Å². The number of esters is 2. The van der Waals surface area contributed by atoms with Gasteiger partial charge >= 0.3 is 11.9 Å². The molecule has 20 heavy (non-hydrogen) atoms. The van der Waals surface area contributed by atoms with Crippen LogP contribution in [0.3, 0.4) is 0 Å². The highest BCUT2D eigenvalue weighted by molar-refractivity contribution is 5.66.